The van der Waals surface area contributed by atoms with Crippen molar-refractivity contribution in [3.05, 3.63) is 87.1 Å². The van der Waals surface area contributed by atoms with Crippen molar-refractivity contribution >= 4 is 46.1 Å². The molecule has 1 N–H and O–H groups in total. The van der Waals surface area contributed by atoms with Gasteiger partial charge in [0.05, 0.1) is 12.7 Å². The molecule has 0 saturated carbocycles. The molecule has 29 heavy (non-hydrogen) atoms. The number of carbonyl (C=O) groups is 2. The van der Waals surface area contributed by atoms with Crippen LogP contribution < -0.4 is 9.64 Å². The van der Waals surface area contributed by atoms with Gasteiger partial charge < -0.3 is 9.84 Å². The van der Waals surface area contributed by atoms with Gasteiger partial charge in [-0.05, 0) is 53.9 Å². The molecule has 0 bridgehead atoms. The van der Waals surface area contributed by atoms with Gasteiger partial charge in [-0.1, -0.05) is 23.7 Å². The number of aliphatic hydroxyl groups excluding tert-OH is 1. The highest BCUT2D eigenvalue weighted by molar-refractivity contribution is 7.10. The number of Topliss-reactive ketones (excluding diaryl/α,β-unsaturated/α-hetero) is 1. The molecule has 1 aromatic heterocycles. The van der Waals surface area contributed by atoms with E-state index in [-0.39, 0.29) is 11.3 Å². The standard InChI is InChI=1S/C22H16ClNO4S/c1-28-16-9-7-13(8-10-16)20(25)18-19(17-6-3-11-29-17)24(22(27)21(18)26)15-5-2-4-14(23)12-15/h2-12,19,25H,1H3/b20-18-. The average molecular weight is 426 g/mol. The zero-order valence-electron chi connectivity index (χ0n) is 15.3. The molecule has 146 valence electrons. The van der Waals surface area contributed by atoms with Crippen molar-refractivity contribution in [3.8, 4) is 5.75 Å². The van der Waals surface area contributed by atoms with E-state index in [0.717, 1.165) is 4.88 Å². The molecule has 0 aliphatic carbocycles. The van der Waals surface area contributed by atoms with Crippen molar-refractivity contribution in [1.29, 1.82) is 0 Å². The van der Waals surface area contributed by atoms with E-state index in [1.807, 2.05) is 17.5 Å². The lowest BCUT2D eigenvalue weighted by atomic mass is 9.99. The van der Waals surface area contributed by atoms with Crippen LogP contribution in [-0.2, 0) is 9.59 Å². The van der Waals surface area contributed by atoms with Crippen LogP contribution in [0, 0.1) is 0 Å². The largest absolute Gasteiger partial charge is 0.507 e. The van der Waals surface area contributed by atoms with Crippen LogP contribution in [0.3, 0.4) is 0 Å². The first-order valence-corrected chi connectivity index (χ1v) is 10.0. The van der Waals surface area contributed by atoms with E-state index in [1.54, 1.807) is 55.6 Å². The summed E-state index contributed by atoms with van der Waals surface area (Å²) in [4.78, 5) is 28.0. The van der Waals surface area contributed by atoms with Gasteiger partial charge in [0.2, 0.25) is 0 Å². The molecular weight excluding hydrogens is 410 g/mol. The fourth-order valence-corrected chi connectivity index (χ4v) is 4.35. The van der Waals surface area contributed by atoms with Crippen molar-refractivity contribution in [1.82, 2.24) is 0 Å². The molecule has 1 fully saturated rings. The summed E-state index contributed by atoms with van der Waals surface area (Å²) in [5, 5.41) is 13.3. The third kappa shape index (κ3) is 3.41. The summed E-state index contributed by atoms with van der Waals surface area (Å²) in [6, 6.07) is 16.3. The Kier molecular flexibility index (Phi) is 5.13. The van der Waals surface area contributed by atoms with Crippen molar-refractivity contribution in [3.63, 3.8) is 0 Å². The van der Waals surface area contributed by atoms with Gasteiger partial charge in [-0.25, -0.2) is 0 Å². The summed E-state index contributed by atoms with van der Waals surface area (Å²) < 4.78 is 5.14. The highest BCUT2D eigenvalue weighted by Gasteiger charge is 2.47. The van der Waals surface area contributed by atoms with Crippen LogP contribution in [0.1, 0.15) is 16.5 Å². The van der Waals surface area contributed by atoms with Gasteiger partial charge in [-0.15, -0.1) is 11.3 Å². The van der Waals surface area contributed by atoms with E-state index in [0.29, 0.717) is 22.0 Å². The first kappa shape index (κ1) is 19.2. The lowest BCUT2D eigenvalue weighted by Gasteiger charge is -2.24. The Morgan fingerprint density at radius 2 is 1.86 bits per heavy atom. The zero-order valence-corrected chi connectivity index (χ0v) is 16.9. The highest BCUT2D eigenvalue weighted by Crippen LogP contribution is 2.43. The topological polar surface area (TPSA) is 66.8 Å². The predicted octanol–water partition coefficient (Wildman–Crippen LogP) is 5.04. The summed E-state index contributed by atoms with van der Waals surface area (Å²) in [5.41, 5.74) is 0.964. The second-order valence-electron chi connectivity index (χ2n) is 6.39. The Bertz CT molecular complexity index is 1110. The Labute approximate surface area is 176 Å². The van der Waals surface area contributed by atoms with Gasteiger partial charge >= 0.3 is 0 Å². The van der Waals surface area contributed by atoms with E-state index in [4.69, 9.17) is 16.3 Å². The smallest absolute Gasteiger partial charge is 0.300 e. The minimum absolute atomic E-state index is 0.0441. The molecule has 1 aliphatic rings. The number of hydrogen-bond donors (Lipinski definition) is 1. The first-order chi connectivity index (χ1) is 14.0. The van der Waals surface area contributed by atoms with Crippen molar-refractivity contribution in [2.45, 2.75) is 6.04 Å². The van der Waals surface area contributed by atoms with Crippen LogP contribution in [0.5, 0.6) is 5.75 Å². The summed E-state index contributed by atoms with van der Waals surface area (Å²) in [7, 11) is 1.54. The monoisotopic (exact) mass is 425 g/mol. The Morgan fingerprint density at radius 1 is 1.10 bits per heavy atom. The van der Waals surface area contributed by atoms with Crippen LogP contribution >= 0.6 is 22.9 Å². The van der Waals surface area contributed by atoms with E-state index >= 15 is 0 Å². The molecule has 2 heterocycles. The van der Waals surface area contributed by atoms with E-state index < -0.39 is 17.7 Å². The van der Waals surface area contributed by atoms with Gasteiger partial charge in [0, 0.05) is 21.2 Å². The summed E-state index contributed by atoms with van der Waals surface area (Å²) in [6.07, 6.45) is 0. The molecule has 7 heteroatoms. The number of ketones is 1. The quantitative estimate of drug-likeness (QED) is 0.361. The number of aliphatic hydroxyl groups is 1. The molecule has 1 atom stereocenters. The fourth-order valence-electron chi connectivity index (χ4n) is 3.35. The number of amides is 1. The third-order valence-electron chi connectivity index (χ3n) is 4.71. The third-order valence-corrected chi connectivity index (χ3v) is 5.87. The van der Waals surface area contributed by atoms with Gasteiger partial charge in [-0.2, -0.15) is 0 Å². The van der Waals surface area contributed by atoms with Crippen LogP contribution in [0.4, 0.5) is 5.69 Å². The molecule has 3 aromatic rings. The van der Waals surface area contributed by atoms with Gasteiger partial charge in [0.1, 0.15) is 17.6 Å². The Morgan fingerprint density at radius 3 is 2.48 bits per heavy atom. The highest BCUT2D eigenvalue weighted by atomic mass is 35.5. The maximum atomic E-state index is 13.0. The van der Waals surface area contributed by atoms with E-state index in [2.05, 4.69) is 0 Å². The Hall–Kier alpha value is -3.09. The lowest BCUT2D eigenvalue weighted by molar-refractivity contribution is -0.132. The molecule has 0 radical (unpaired) electrons. The summed E-state index contributed by atoms with van der Waals surface area (Å²) in [6.45, 7) is 0. The summed E-state index contributed by atoms with van der Waals surface area (Å²) >= 11 is 7.51. The number of methoxy groups -OCH3 is 1. The molecule has 1 unspecified atom stereocenters. The number of carbonyl (C=O) groups excluding carboxylic acids is 2. The normalized spacial score (nSPS) is 18.3. The van der Waals surface area contributed by atoms with Gasteiger partial charge in [0.15, 0.2) is 0 Å². The minimum atomic E-state index is -0.740. The van der Waals surface area contributed by atoms with Crippen LogP contribution in [0.25, 0.3) is 5.76 Å². The average Bonchev–Trinajstić information content (AvgIpc) is 3.35. The molecule has 1 amide bonds. The predicted molar refractivity (Wildman–Crippen MR) is 114 cm³/mol. The zero-order chi connectivity index (χ0) is 20.5. The molecular formula is C22H16ClNO4S. The maximum absolute atomic E-state index is 13.0. The van der Waals surface area contributed by atoms with Crippen LogP contribution in [0.15, 0.2) is 71.6 Å². The number of halogens is 1. The van der Waals surface area contributed by atoms with Crippen molar-refractivity contribution in [2.75, 3.05) is 12.0 Å². The Balaban J connectivity index is 1.90. The molecule has 2 aromatic carbocycles. The molecule has 5 nitrogen and oxygen atoms in total. The van der Waals surface area contributed by atoms with Gasteiger partial charge in [-0.3, -0.25) is 14.5 Å². The number of nitrogens with zero attached hydrogens (tertiary/aromatic N) is 1. The first-order valence-electron chi connectivity index (χ1n) is 8.75. The van der Waals surface area contributed by atoms with Crippen molar-refractivity contribution < 1.29 is 19.4 Å². The van der Waals surface area contributed by atoms with E-state index in [9.17, 15) is 14.7 Å². The second-order valence-corrected chi connectivity index (χ2v) is 7.81. The molecule has 1 saturated heterocycles. The molecule has 0 spiro atoms. The SMILES string of the molecule is COc1ccc(/C(O)=C2/C(=O)C(=O)N(c3cccc(Cl)c3)C2c2cccs2)cc1. The number of hydrogen-bond acceptors (Lipinski definition) is 5. The van der Waals surface area contributed by atoms with E-state index in [1.165, 1.54) is 16.2 Å². The van der Waals surface area contributed by atoms with Gasteiger partial charge in [0.25, 0.3) is 11.7 Å². The minimum Gasteiger partial charge on any atom is -0.507 e. The van der Waals surface area contributed by atoms with Crippen molar-refractivity contribution in [2.24, 2.45) is 0 Å². The molecule has 1 aliphatic heterocycles. The van der Waals surface area contributed by atoms with Crippen LogP contribution in [-0.4, -0.2) is 23.9 Å². The van der Waals surface area contributed by atoms with Crippen LogP contribution in [0.2, 0.25) is 5.02 Å². The fraction of sp³-hybridized carbons (Fsp3) is 0.0909. The number of ether oxygens (including phenoxy) is 1. The number of benzene rings is 2. The summed E-state index contributed by atoms with van der Waals surface area (Å²) in [5.74, 6) is -1.05. The number of rotatable bonds is 4. The molecule has 4 rings (SSSR count). The number of anilines is 1. The maximum Gasteiger partial charge on any atom is 0.300 e. The second kappa shape index (κ2) is 7.73. The number of thiophene rings is 1. The lowest BCUT2D eigenvalue weighted by Crippen LogP contribution is -2.29.